The molecule has 3 N–H and O–H groups in total. The van der Waals surface area contributed by atoms with Crippen molar-refractivity contribution in [2.45, 2.75) is 31.7 Å². The number of nitrogens with zero attached hydrogens (tertiary/aromatic N) is 1. The molecule has 0 saturated heterocycles. The lowest BCUT2D eigenvalue weighted by Gasteiger charge is -2.14. The van der Waals surface area contributed by atoms with E-state index in [0.29, 0.717) is 5.69 Å². The Balaban J connectivity index is 1.32. The van der Waals surface area contributed by atoms with Gasteiger partial charge in [-0.1, -0.05) is 48.5 Å². The van der Waals surface area contributed by atoms with Crippen molar-refractivity contribution in [2.24, 2.45) is 0 Å². The Morgan fingerprint density at radius 2 is 1.77 bits per heavy atom. The summed E-state index contributed by atoms with van der Waals surface area (Å²) in [5.41, 5.74) is 4.94. The molecule has 1 aromatic heterocycles. The molecular weight excluding hydrogens is 466 g/mol. The maximum atomic E-state index is 12.4. The summed E-state index contributed by atoms with van der Waals surface area (Å²) >= 11 is 1.15. The van der Waals surface area contributed by atoms with Crippen molar-refractivity contribution in [1.82, 2.24) is 10.3 Å². The van der Waals surface area contributed by atoms with E-state index in [1.807, 2.05) is 36.4 Å². The Labute approximate surface area is 206 Å². The number of aliphatic carboxylic acids is 1. The van der Waals surface area contributed by atoms with Crippen molar-refractivity contribution in [3.05, 3.63) is 70.7 Å². The van der Waals surface area contributed by atoms with Gasteiger partial charge >= 0.3 is 12.1 Å². The van der Waals surface area contributed by atoms with Crippen molar-refractivity contribution in [2.75, 3.05) is 11.9 Å². The van der Waals surface area contributed by atoms with E-state index >= 15 is 0 Å². The van der Waals surface area contributed by atoms with Gasteiger partial charge in [-0.25, -0.2) is 14.6 Å². The standard InChI is InChI=1S/C26H23N3O5S/c1-2-3-12-22(24(31)32)28-23(30)13-16-15-35-25(27-16)29-26(33)34-14-21-19-10-6-4-8-17(19)18-9-5-7-11-20(18)21/h4-11,15,21-22H,12-14H2,1H3,(H,28,30)(H,31,32)(H,27,29,33). The van der Waals surface area contributed by atoms with Crippen molar-refractivity contribution in [3.8, 4) is 23.0 Å². The molecule has 1 atom stereocenters. The average Bonchev–Trinajstić information content (AvgIpc) is 3.41. The van der Waals surface area contributed by atoms with E-state index in [4.69, 9.17) is 4.74 Å². The fraction of sp³-hybridized carbons (Fsp3) is 0.231. The minimum absolute atomic E-state index is 0.0171. The van der Waals surface area contributed by atoms with Gasteiger partial charge in [0.25, 0.3) is 0 Å². The first kappa shape index (κ1) is 24.0. The number of thiazole rings is 1. The summed E-state index contributed by atoms with van der Waals surface area (Å²) in [6, 6.07) is 15.1. The van der Waals surface area contributed by atoms with Gasteiger partial charge in [-0.2, -0.15) is 0 Å². The lowest BCUT2D eigenvalue weighted by Crippen LogP contribution is -2.41. The highest BCUT2D eigenvalue weighted by Crippen LogP contribution is 2.44. The number of benzene rings is 2. The van der Waals surface area contributed by atoms with Crippen LogP contribution in [-0.4, -0.2) is 40.7 Å². The van der Waals surface area contributed by atoms with Crippen LogP contribution in [0.3, 0.4) is 0 Å². The minimum Gasteiger partial charge on any atom is -0.480 e. The molecule has 1 heterocycles. The number of anilines is 1. The van der Waals surface area contributed by atoms with Gasteiger partial charge in [-0.3, -0.25) is 10.1 Å². The lowest BCUT2D eigenvalue weighted by molar-refractivity contribution is -0.141. The van der Waals surface area contributed by atoms with Crippen LogP contribution in [0.15, 0.2) is 53.9 Å². The second-order valence-corrected chi connectivity index (χ2v) is 8.72. The van der Waals surface area contributed by atoms with Crippen molar-refractivity contribution in [1.29, 1.82) is 0 Å². The fourth-order valence-electron chi connectivity index (χ4n) is 3.98. The summed E-state index contributed by atoms with van der Waals surface area (Å²) in [6.45, 7) is 1.78. The molecule has 0 bridgehead atoms. The Hall–Kier alpha value is -4.16. The van der Waals surface area contributed by atoms with Crippen LogP contribution < -0.4 is 10.6 Å². The highest BCUT2D eigenvalue weighted by Gasteiger charge is 2.29. The molecule has 2 aromatic carbocycles. The Morgan fingerprint density at radius 1 is 1.11 bits per heavy atom. The molecule has 8 nitrogen and oxygen atoms in total. The summed E-state index contributed by atoms with van der Waals surface area (Å²) in [5.74, 6) is 3.55. The first-order valence-corrected chi connectivity index (χ1v) is 11.8. The first-order chi connectivity index (χ1) is 17.0. The molecule has 1 aliphatic carbocycles. The highest BCUT2D eigenvalue weighted by atomic mass is 32.1. The summed E-state index contributed by atoms with van der Waals surface area (Å²) in [5, 5.41) is 16.1. The highest BCUT2D eigenvalue weighted by molar-refractivity contribution is 7.13. The maximum absolute atomic E-state index is 12.4. The van der Waals surface area contributed by atoms with E-state index in [-0.39, 0.29) is 30.5 Å². The van der Waals surface area contributed by atoms with E-state index in [0.717, 1.165) is 33.6 Å². The second-order valence-electron chi connectivity index (χ2n) is 7.86. The molecule has 0 aliphatic heterocycles. The zero-order valence-electron chi connectivity index (χ0n) is 18.9. The van der Waals surface area contributed by atoms with E-state index in [2.05, 4.69) is 39.6 Å². The average molecular weight is 490 g/mol. The topological polar surface area (TPSA) is 118 Å². The molecule has 4 rings (SSSR count). The molecular formula is C26H23N3O5S. The maximum Gasteiger partial charge on any atom is 0.413 e. The van der Waals surface area contributed by atoms with Crippen LogP contribution in [-0.2, 0) is 20.7 Å². The van der Waals surface area contributed by atoms with Crippen LogP contribution in [0.4, 0.5) is 9.93 Å². The number of amides is 2. The van der Waals surface area contributed by atoms with Crippen LogP contribution in [0.1, 0.15) is 36.1 Å². The number of aromatic nitrogens is 1. The van der Waals surface area contributed by atoms with E-state index in [9.17, 15) is 19.5 Å². The molecule has 178 valence electrons. The van der Waals surface area contributed by atoms with Gasteiger partial charge in [0.1, 0.15) is 12.6 Å². The molecule has 0 fully saturated rings. The Morgan fingerprint density at radius 3 is 2.40 bits per heavy atom. The summed E-state index contributed by atoms with van der Waals surface area (Å²) in [4.78, 5) is 40.1. The van der Waals surface area contributed by atoms with Crippen LogP contribution in [0.2, 0.25) is 0 Å². The number of ether oxygens (including phenoxy) is 1. The predicted molar refractivity (Wildman–Crippen MR) is 132 cm³/mol. The number of nitrogens with one attached hydrogen (secondary N) is 2. The third-order valence-electron chi connectivity index (χ3n) is 5.56. The third-order valence-corrected chi connectivity index (χ3v) is 6.37. The number of hydrogen-bond donors (Lipinski definition) is 3. The summed E-state index contributed by atoms with van der Waals surface area (Å²) in [6.07, 6.45) is -0.739. The lowest BCUT2D eigenvalue weighted by atomic mass is 9.98. The second kappa shape index (κ2) is 10.8. The number of hydrogen-bond acceptors (Lipinski definition) is 6. The van der Waals surface area contributed by atoms with Crippen LogP contribution >= 0.6 is 11.3 Å². The number of carboxylic acids is 1. The fourth-order valence-corrected chi connectivity index (χ4v) is 4.68. The molecule has 1 aliphatic rings. The normalized spacial score (nSPS) is 12.5. The largest absolute Gasteiger partial charge is 0.480 e. The molecule has 1 unspecified atom stereocenters. The van der Waals surface area contributed by atoms with Crippen LogP contribution in [0, 0.1) is 11.8 Å². The van der Waals surface area contributed by atoms with Crippen LogP contribution in [0.5, 0.6) is 0 Å². The van der Waals surface area contributed by atoms with Gasteiger partial charge in [0.05, 0.1) is 12.1 Å². The molecule has 0 spiro atoms. The van der Waals surface area contributed by atoms with E-state index < -0.39 is 24.0 Å². The molecule has 9 heteroatoms. The monoisotopic (exact) mass is 489 g/mol. The molecule has 0 saturated carbocycles. The number of carbonyl (C=O) groups is 3. The zero-order valence-corrected chi connectivity index (χ0v) is 19.7. The SMILES string of the molecule is CC#CCC(NC(=O)Cc1csc(NC(=O)OCC2c3ccccc3-c3ccccc32)n1)C(=O)O. The zero-order chi connectivity index (χ0) is 24.8. The number of rotatable bonds is 8. The van der Waals surface area contributed by atoms with Crippen molar-refractivity contribution < 1.29 is 24.2 Å². The third kappa shape index (κ3) is 5.67. The van der Waals surface area contributed by atoms with Crippen LogP contribution in [0.25, 0.3) is 11.1 Å². The summed E-state index contributed by atoms with van der Waals surface area (Å²) in [7, 11) is 0. The molecule has 35 heavy (non-hydrogen) atoms. The molecule has 0 radical (unpaired) electrons. The first-order valence-electron chi connectivity index (χ1n) is 10.9. The van der Waals surface area contributed by atoms with Gasteiger partial charge in [-0.15, -0.1) is 23.2 Å². The van der Waals surface area contributed by atoms with Crippen molar-refractivity contribution >= 4 is 34.4 Å². The Kier molecular flexibility index (Phi) is 7.43. The predicted octanol–water partition coefficient (Wildman–Crippen LogP) is 4.03. The Bertz CT molecular complexity index is 1280. The van der Waals surface area contributed by atoms with Gasteiger partial charge in [0.15, 0.2) is 5.13 Å². The van der Waals surface area contributed by atoms with Gasteiger partial charge in [-0.05, 0) is 29.2 Å². The quantitative estimate of drug-likeness (QED) is 0.411. The minimum atomic E-state index is -1.16. The van der Waals surface area contributed by atoms with Gasteiger partial charge < -0.3 is 15.2 Å². The summed E-state index contributed by atoms with van der Waals surface area (Å²) < 4.78 is 5.51. The number of fused-ring (bicyclic) bond motifs is 3. The van der Waals surface area contributed by atoms with Crippen molar-refractivity contribution in [3.63, 3.8) is 0 Å². The van der Waals surface area contributed by atoms with Gasteiger partial charge in [0.2, 0.25) is 5.91 Å². The molecule has 2 amide bonds. The number of carboxylic acid groups (broad SMARTS) is 1. The number of carbonyl (C=O) groups excluding carboxylic acids is 2. The smallest absolute Gasteiger partial charge is 0.413 e. The van der Waals surface area contributed by atoms with E-state index in [1.165, 1.54) is 0 Å². The van der Waals surface area contributed by atoms with E-state index in [1.54, 1.807) is 12.3 Å². The van der Waals surface area contributed by atoms with Gasteiger partial charge in [0, 0.05) is 17.7 Å². The molecule has 3 aromatic rings.